The summed E-state index contributed by atoms with van der Waals surface area (Å²) in [6.07, 6.45) is 2.03. The number of nitrogens with two attached hydrogens (primary N) is 2. The third-order valence-electron chi connectivity index (χ3n) is 2.22. The molecule has 1 aliphatic heterocycles. The van der Waals surface area contributed by atoms with Crippen LogP contribution in [0.5, 0.6) is 0 Å². The molecule has 11 heavy (non-hydrogen) atoms. The lowest BCUT2D eigenvalue weighted by atomic mass is 10.0. The first-order chi connectivity index (χ1) is 5.19. The van der Waals surface area contributed by atoms with Gasteiger partial charge in [0.2, 0.25) is 0 Å². The van der Waals surface area contributed by atoms with E-state index >= 15 is 0 Å². The maximum atomic E-state index is 6.05. The maximum absolute atomic E-state index is 6.05. The Balaban J connectivity index is 2.49. The minimum Gasteiger partial charge on any atom is -0.312 e. The van der Waals surface area contributed by atoms with Gasteiger partial charge < -0.3 is 11.1 Å². The Hall–Kier alpha value is -0.160. The number of nitrogens with zero attached hydrogens (tertiary/aromatic N) is 1. The van der Waals surface area contributed by atoms with Crippen molar-refractivity contribution in [2.24, 2.45) is 11.6 Å². The number of hydrazine groups is 1. The zero-order valence-corrected chi connectivity index (χ0v) is 7.14. The van der Waals surface area contributed by atoms with Crippen LogP contribution in [0.15, 0.2) is 0 Å². The topological polar surface area (TPSA) is 67.3 Å². The predicted octanol–water partition coefficient (Wildman–Crippen LogP) is -0.780. The fraction of sp³-hybridized carbons (Fsp3) is 1.00. The van der Waals surface area contributed by atoms with E-state index in [9.17, 15) is 0 Å². The average Bonchev–Trinajstić information content (AvgIpc) is 1.96. The summed E-state index contributed by atoms with van der Waals surface area (Å²) in [4.78, 5) is 0. The molecular formula is C7H18N4. The molecule has 5 N–H and O–H groups in total. The van der Waals surface area contributed by atoms with Crippen molar-refractivity contribution in [1.82, 2.24) is 10.3 Å². The van der Waals surface area contributed by atoms with Gasteiger partial charge in [0.15, 0.2) is 0 Å². The lowest BCUT2D eigenvalue weighted by molar-refractivity contribution is 0.0562. The van der Waals surface area contributed by atoms with Crippen molar-refractivity contribution < 1.29 is 0 Å². The quantitative estimate of drug-likeness (QED) is 0.461. The Labute approximate surface area is 67.9 Å². The van der Waals surface area contributed by atoms with Gasteiger partial charge in [-0.15, -0.1) is 0 Å². The van der Waals surface area contributed by atoms with Gasteiger partial charge in [0.05, 0.1) is 5.66 Å². The summed E-state index contributed by atoms with van der Waals surface area (Å²) in [5.41, 5.74) is 5.74. The van der Waals surface area contributed by atoms with Crippen molar-refractivity contribution in [3.05, 3.63) is 0 Å². The normalized spacial score (nSPS) is 34.1. The molecule has 0 aromatic carbocycles. The largest absolute Gasteiger partial charge is 0.312 e. The van der Waals surface area contributed by atoms with Gasteiger partial charge in [-0.3, -0.25) is 5.84 Å². The van der Waals surface area contributed by atoms with Gasteiger partial charge in [-0.05, 0) is 6.42 Å². The van der Waals surface area contributed by atoms with Gasteiger partial charge in [0.25, 0.3) is 0 Å². The standard InChI is InChI=1S/C7H18N4/c1-2-3-7(8)6-10-4-5-11(7)9/h10H,2-6,8-9H2,1H3. The van der Waals surface area contributed by atoms with Crippen molar-refractivity contribution in [2.45, 2.75) is 25.4 Å². The van der Waals surface area contributed by atoms with Crippen molar-refractivity contribution in [2.75, 3.05) is 19.6 Å². The molecule has 1 aliphatic rings. The van der Waals surface area contributed by atoms with E-state index in [1.54, 1.807) is 5.01 Å². The molecule has 0 aromatic rings. The van der Waals surface area contributed by atoms with Crippen molar-refractivity contribution in [1.29, 1.82) is 0 Å². The van der Waals surface area contributed by atoms with Crippen molar-refractivity contribution >= 4 is 0 Å². The smallest absolute Gasteiger partial charge is 0.0944 e. The Bertz CT molecular complexity index is 124. The minimum absolute atomic E-state index is 0.312. The highest BCUT2D eigenvalue weighted by Crippen LogP contribution is 2.13. The first-order valence-electron chi connectivity index (χ1n) is 4.21. The number of hydrogen-bond donors (Lipinski definition) is 3. The van der Waals surface area contributed by atoms with Crippen molar-refractivity contribution in [3.63, 3.8) is 0 Å². The Morgan fingerprint density at radius 3 is 2.91 bits per heavy atom. The lowest BCUT2D eigenvalue weighted by Crippen LogP contribution is -2.68. The average molecular weight is 158 g/mol. The molecule has 0 saturated carbocycles. The van der Waals surface area contributed by atoms with Crippen molar-refractivity contribution in [3.8, 4) is 0 Å². The van der Waals surface area contributed by atoms with Crippen LogP contribution in [0.2, 0.25) is 0 Å². The van der Waals surface area contributed by atoms with Crippen LogP contribution in [-0.2, 0) is 0 Å². The van der Waals surface area contributed by atoms with Crippen LogP contribution in [0.25, 0.3) is 0 Å². The second-order valence-electron chi connectivity index (χ2n) is 3.22. The van der Waals surface area contributed by atoms with E-state index < -0.39 is 0 Å². The highest BCUT2D eigenvalue weighted by molar-refractivity contribution is 4.87. The van der Waals surface area contributed by atoms with E-state index in [-0.39, 0.29) is 5.66 Å². The molecule has 1 heterocycles. The first-order valence-corrected chi connectivity index (χ1v) is 4.21. The molecular weight excluding hydrogens is 140 g/mol. The number of rotatable bonds is 2. The molecule has 1 atom stereocenters. The second-order valence-corrected chi connectivity index (χ2v) is 3.22. The summed E-state index contributed by atoms with van der Waals surface area (Å²) >= 11 is 0. The summed E-state index contributed by atoms with van der Waals surface area (Å²) in [5.74, 6) is 5.77. The van der Waals surface area contributed by atoms with Crippen LogP contribution in [-0.4, -0.2) is 30.3 Å². The third kappa shape index (κ3) is 1.90. The van der Waals surface area contributed by atoms with Crippen LogP contribution in [0.4, 0.5) is 0 Å². The summed E-state index contributed by atoms with van der Waals surface area (Å²) in [5, 5.41) is 5.00. The van der Waals surface area contributed by atoms with Gasteiger partial charge in [-0.25, -0.2) is 5.01 Å². The number of nitrogens with one attached hydrogen (secondary N) is 1. The maximum Gasteiger partial charge on any atom is 0.0944 e. The molecule has 1 unspecified atom stereocenters. The molecule has 0 bridgehead atoms. The lowest BCUT2D eigenvalue weighted by Gasteiger charge is -2.41. The molecule has 4 heteroatoms. The molecule has 4 nitrogen and oxygen atoms in total. The first kappa shape index (κ1) is 8.93. The van der Waals surface area contributed by atoms with Crippen LogP contribution >= 0.6 is 0 Å². The molecule has 0 spiro atoms. The molecule has 0 aliphatic carbocycles. The van der Waals surface area contributed by atoms with Crippen LogP contribution in [0, 0.1) is 0 Å². The van der Waals surface area contributed by atoms with Crippen LogP contribution < -0.4 is 16.9 Å². The monoisotopic (exact) mass is 158 g/mol. The zero-order valence-electron chi connectivity index (χ0n) is 7.14. The second kappa shape index (κ2) is 3.49. The van der Waals surface area contributed by atoms with Crippen LogP contribution in [0.1, 0.15) is 19.8 Å². The highest BCUT2D eigenvalue weighted by atomic mass is 15.5. The Kier molecular flexibility index (Phi) is 2.84. The molecule has 66 valence electrons. The van der Waals surface area contributed by atoms with E-state index in [2.05, 4.69) is 12.2 Å². The Morgan fingerprint density at radius 1 is 1.64 bits per heavy atom. The SMILES string of the molecule is CCCC1(N)CNCCN1N. The fourth-order valence-electron chi connectivity index (χ4n) is 1.49. The molecule has 1 fully saturated rings. The van der Waals surface area contributed by atoms with E-state index in [1.165, 1.54) is 0 Å². The van der Waals surface area contributed by atoms with Gasteiger partial charge in [-0.1, -0.05) is 13.3 Å². The molecule has 1 saturated heterocycles. The predicted molar refractivity (Wildman–Crippen MR) is 45.6 cm³/mol. The van der Waals surface area contributed by atoms with Gasteiger partial charge >= 0.3 is 0 Å². The molecule has 0 aromatic heterocycles. The van der Waals surface area contributed by atoms with E-state index in [1.807, 2.05) is 0 Å². The number of hydrogen-bond acceptors (Lipinski definition) is 4. The fourth-order valence-corrected chi connectivity index (χ4v) is 1.49. The molecule has 0 amide bonds. The summed E-state index contributed by atoms with van der Waals surface area (Å²) in [6.45, 7) is 4.71. The summed E-state index contributed by atoms with van der Waals surface area (Å²) in [6, 6.07) is 0. The number of piperazine rings is 1. The zero-order chi connectivity index (χ0) is 8.32. The van der Waals surface area contributed by atoms with E-state index in [0.29, 0.717) is 0 Å². The minimum atomic E-state index is -0.312. The molecule has 0 radical (unpaired) electrons. The molecule has 1 rings (SSSR count). The highest BCUT2D eigenvalue weighted by Gasteiger charge is 2.31. The van der Waals surface area contributed by atoms with Crippen LogP contribution in [0.3, 0.4) is 0 Å². The van der Waals surface area contributed by atoms with E-state index in [4.69, 9.17) is 11.6 Å². The Morgan fingerprint density at radius 2 is 2.36 bits per heavy atom. The summed E-state index contributed by atoms with van der Waals surface area (Å²) < 4.78 is 0. The summed E-state index contributed by atoms with van der Waals surface area (Å²) in [7, 11) is 0. The van der Waals surface area contributed by atoms with Gasteiger partial charge in [-0.2, -0.15) is 0 Å². The third-order valence-corrected chi connectivity index (χ3v) is 2.22. The van der Waals surface area contributed by atoms with Gasteiger partial charge in [0.1, 0.15) is 0 Å². The van der Waals surface area contributed by atoms with Gasteiger partial charge in [0, 0.05) is 19.6 Å². The van der Waals surface area contributed by atoms with E-state index in [0.717, 1.165) is 32.5 Å².